The van der Waals surface area contributed by atoms with E-state index in [1.807, 2.05) is 12.1 Å². The van der Waals surface area contributed by atoms with Gasteiger partial charge in [-0.2, -0.15) is 0 Å². The molecule has 6 atom stereocenters. The normalized spacial score (nSPS) is 17.1. The number of aryl methyl sites for hydroxylation is 2. The van der Waals surface area contributed by atoms with E-state index in [-0.39, 0.29) is 12.8 Å². The van der Waals surface area contributed by atoms with Gasteiger partial charge in [0.2, 0.25) is 11.4 Å². The second-order valence-electron chi connectivity index (χ2n) is 14.5. The van der Waals surface area contributed by atoms with E-state index < -0.39 is 49.8 Å². The van der Waals surface area contributed by atoms with Crippen molar-refractivity contribution in [3.05, 3.63) is 86.5 Å². The van der Waals surface area contributed by atoms with Crippen LogP contribution in [0.2, 0.25) is 0 Å². The molecule has 10 heteroatoms. The van der Waals surface area contributed by atoms with Gasteiger partial charge in [0.1, 0.15) is 24.4 Å². The van der Waals surface area contributed by atoms with Crippen molar-refractivity contribution >= 4 is 11.4 Å². The highest BCUT2D eigenvalue weighted by molar-refractivity contribution is 5.82. The Morgan fingerprint density at radius 1 is 0.481 bits per heavy atom. The van der Waals surface area contributed by atoms with Crippen LogP contribution in [0, 0.1) is 0 Å². The highest BCUT2D eigenvalue weighted by Gasteiger charge is 2.36. The van der Waals surface area contributed by atoms with Gasteiger partial charge in [0.05, 0.1) is 25.4 Å². The molecule has 290 valence electrons. The first-order chi connectivity index (χ1) is 24.9. The lowest BCUT2D eigenvalue weighted by molar-refractivity contribution is -0.345. The predicted octanol–water partition coefficient (Wildman–Crippen LogP) is 5.16. The molecule has 3 rings (SSSR count). The Balaban J connectivity index is 2.26. The minimum atomic E-state index is -1.62. The van der Waals surface area contributed by atoms with Gasteiger partial charge in [-0.05, 0) is 97.9 Å². The van der Waals surface area contributed by atoms with Gasteiger partial charge in [-0.15, -0.1) is 0 Å². The largest absolute Gasteiger partial charge is 0.493 e. The summed E-state index contributed by atoms with van der Waals surface area (Å²) in [4.78, 5) is 0. The van der Waals surface area contributed by atoms with Crippen LogP contribution in [0.25, 0.3) is 16.9 Å². The van der Waals surface area contributed by atoms with Crippen LogP contribution in [0.1, 0.15) is 125 Å². The lowest BCUT2D eigenvalue weighted by Gasteiger charge is -2.23. The van der Waals surface area contributed by atoms with Crippen LogP contribution in [0.3, 0.4) is 0 Å². The number of aliphatic hydroxyl groups is 8. The molecule has 1 aliphatic heterocycles. The summed E-state index contributed by atoms with van der Waals surface area (Å²) in [6.07, 6.45) is 1.86. The van der Waals surface area contributed by atoms with E-state index in [9.17, 15) is 46.4 Å². The van der Waals surface area contributed by atoms with Gasteiger partial charge < -0.3 is 46.4 Å². The fourth-order valence-corrected chi connectivity index (χ4v) is 7.03. The number of benzene rings is 2. The van der Waals surface area contributed by atoms with E-state index in [2.05, 4.69) is 45.9 Å². The fraction of sp³-hybridized carbons (Fsp3) is 0.619. The van der Waals surface area contributed by atoms with Gasteiger partial charge in [0.25, 0.3) is 0 Å². The first kappa shape index (κ1) is 43.6. The topological polar surface area (TPSA) is 187 Å². The molecule has 2 aromatic rings. The first-order valence-corrected chi connectivity index (χ1v) is 19.5. The summed E-state index contributed by atoms with van der Waals surface area (Å²) in [5.41, 5.74) is 20.9. The van der Waals surface area contributed by atoms with E-state index in [0.29, 0.717) is 28.8 Å². The van der Waals surface area contributed by atoms with Crippen molar-refractivity contribution in [3.63, 3.8) is 0 Å². The van der Waals surface area contributed by atoms with Crippen molar-refractivity contribution in [3.8, 4) is 0 Å². The van der Waals surface area contributed by atoms with Crippen molar-refractivity contribution in [2.24, 2.45) is 0 Å². The molecule has 0 saturated carbocycles. The number of rotatable bonds is 24. The SMILES string of the molecule is CCCCC1=C(c2cc(CCCC)cc(CCCC)c2)[N+](=[N-])C(c2cc(CC(O)C(O)C(O)CO)cc(CC(O)C(O)C(O)CO)c2)=C1CCCC. The molecular weight excluding hydrogens is 660 g/mol. The average molecular weight is 725 g/mol. The van der Waals surface area contributed by atoms with Crippen molar-refractivity contribution in [1.82, 2.24) is 0 Å². The van der Waals surface area contributed by atoms with E-state index in [0.717, 1.165) is 93.0 Å². The lowest BCUT2D eigenvalue weighted by Crippen LogP contribution is -2.41. The molecule has 1 aliphatic rings. The Hall–Kier alpha value is -2.80. The maximum atomic E-state index is 12.4. The van der Waals surface area contributed by atoms with Gasteiger partial charge >= 0.3 is 0 Å². The molecule has 0 aliphatic carbocycles. The van der Waals surface area contributed by atoms with Crippen molar-refractivity contribution in [2.45, 2.75) is 154 Å². The van der Waals surface area contributed by atoms with Crippen LogP contribution in [0.5, 0.6) is 0 Å². The minimum Gasteiger partial charge on any atom is -0.493 e. The molecule has 0 saturated heterocycles. The Morgan fingerprint density at radius 3 is 1.15 bits per heavy atom. The maximum absolute atomic E-state index is 12.4. The van der Waals surface area contributed by atoms with Gasteiger partial charge in [0, 0.05) is 35.1 Å². The molecule has 6 unspecified atom stereocenters. The van der Waals surface area contributed by atoms with Gasteiger partial charge in [-0.1, -0.05) is 65.5 Å². The Labute approximate surface area is 310 Å². The number of hydrogen-bond acceptors (Lipinski definition) is 8. The van der Waals surface area contributed by atoms with Crippen LogP contribution in [-0.4, -0.2) is 95.4 Å². The Bertz CT molecular complexity index is 1440. The zero-order chi connectivity index (χ0) is 38.4. The first-order valence-electron chi connectivity index (χ1n) is 19.5. The molecule has 52 heavy (non-hydrogen) atoms. The summed E-state index contributed by atoms with van der Waals surface area (Å²) < 4.78 is 1.29. The second kappa shape index (κ2) is 21.8. The smallest absolute Gasteiger partial charge is 0.211 e. The lowest BCUT2D eigenvalue weighted by atomic mass is 9.89. The molecule has 0 aromatic heterocycles. The van der Waals surface area contributed by atoms with Crippen molar-refractivity contribution in [2.75, 3.05) is 13.2 Å². The summed E-state index contributed by atoms with van der Waals surface area (Å²) in [5.74, 6) is 0. The Morgan fingerprint density at radius 2 is 0.808 bits per heavy atom. The number of unbranched alkanes of at least 4 members (excludes halogenated alkanes) is 4. The third kappa shape index (κ3) is 11.6. The molecule has 8 N–H and O–H groups in total. The van der Waals surface area contributed by atoms with Crippen LogP contribution < -0.4 is 0 Å². The van der Waals surface area contributed by atoms with E-state index >= 15 is 0 Å². The average Bonchev–Trinajstić information content (AvgIpc) is 3.42. The maximum Gasteiger partial charge on any atom is 0.211 e. The van der Waals surface area contributed by atoms with Gasteiger partial charge in [-0.25, -0.2) is 4.70 Å². The number of allylic oxidation sites excluding steroid dienone is 2. The molecule has 0 radical (unpaired) electrons. The summed E-state index contributed by atoms with van der Waals surface area (Å²) >= 11 is 0. The monoisotopic (exact) mass is 724 g/mol. The van der Waals surface area contributed by atoms with Crippen molar-refractivity contribution in [1.29, 1.82) is 0 Å². The van der Waals surface area contributed by atoms with E-state index in [1.54, 1.807) is 6.07 Å². The molecular formula is C42H64N2O8. The molecule has 2 aromatic carbocycles. The second-order valence-corrected chi connectivity index (χ2v) is 14.5. The van der Waals surface area contributed by atoms with Crippen LogP contribution in [0.15, 0.2) is 47.5 Å². The Kier molecular flexibility index (Phi) is 18.3. The third-order valence-electron chi connectivity index (χ3n) is 10.1. The third-order valence-corrected chi connectivity index (χ3v) is 10.1. The molecule has 10 nitrogen and oxygen atoms in total. The van der Waals surface area contributed by atoms with Crippen molar-refractivity contribution < 1.29 is 45.5 Å². The quantitative estimate of drug-likeness (QED) is 0.0683. The number of aliphatic hydroxyl groups excluding tert-OH is 8. The van der Waals surface area contributed by atoms with Crippen LogP contribution in [0.4, 0.5) is 0 Å². The van der Waals surface area contributed by atoms with Crippen LogP contribution in [-0.2, 0) is 25.7 Å². The minimum absolute atomic E-state index is 0.122. The molecule has 0 bridgehead atoms. The highest BCUT2D eigenvalue weighted by atomic mass is 16.4. The summed E-state index contributed by atoms with van der Waals surface area (Å²) in [6, 6.07) is 12.0. The van der Waals surface area contributed by atoms with Gasteiger partial charge in [-0.3, -0.25) is 0 Å². The number of hydrogen-bond donors (Lipinski definition) is 8. The standard InChI is InChI=1S/C42H64N2O8/c1-5-9-13-27-17-28(14-10-6-2)20-31(19-27)39-33(15-11-7-3)34(16-12-8-4)40(44(39)43)32-21-29(23-35(47)41(51)37(49)25-45)18-30(22-32)24-36(48)42(52)38(50)26-46/h17-22,35-38,41-42,45-52H,5-16,23-26H2,1-4H3. The van der Waals surface area contributed by atoms with E-state index in [1.165, 1.54) is 15.8 Å². The molecule has 0 amide bonds. The fourth-order valence-electron chi connectivity index (χ4n) is 7.03. The van der Waals surface area contributed by atoms with E-state index in [4.69, 9.17) is 0 Å². The number of nitrogens with zero attached hydrogens (tertiary/aromatic N) is 2. The molecule has 1 heterocycles. The summed E-state index contributed by atoms with van der Waals surface area (Å²) in [7, 11) is 0. The van der Waals surface area contributed by atoms with Gasteiger partial charge in [0.15, 0.2) is 0 Å². The van der Waals surface area contributed by atoms with Crippen LogP contribution >= 0.6 is 0 Å². The molecule has 0 fully saturated rings. The zero-order valence-corrected chi connectivity index (χ0v) is 31.7. The molecule has 0 spiro atoms. The summed E-state index contributed by atoms with van der Waals surface area (Å²) in [5, 5.41) is 81.4. The predicted molar refractivity (Wildman–Crippen MR) is 204 cm³/mol. The summed E-state index contributed by atoms with van der Waals surface area (Å²) in [6.45, 7) is 7.17. The highest BCUT2D eigenvalue weighted by Crippen LogP contribution is 2.45. The zero-order valence-electron chi connectivity index (χ0n) is 31.7.